The number of rotatable bonds is 7. The fourth-order valence-corrected chi connectivity index (χ4v) is 6.02. The monoisotopic (exact) mass is 540 g/mol. The van der Waals surface area contributed by atoms with Crippen molar-refractivity contribution in [3.8, 4) is 0 Å². The molecule has 1 aliphatic carbocycles. The van der Waals surface area contributed by atoms with E-state index in [0.717, 1.165) is 11.1 Å². The largest absolute Gasteiger partial charge is 0.416 e. The first-order valence-electron chi connectivity index (χ1n) is 11.5. The summed E-state index contributed by atoms with van der Waals surface area (Å²) in [6, 6.07) is 12.2. The average molecular weight is 541 g/mol. The Bertz CT molecular complexity index is 1230. The van der Waals surface area contributed by atoms with Crippen LogP contribution < -0.4 is 10.6 Å². The molecular formula is C26H22F6N2O2S. The molecule has 3 aromatic rings. The molecule has 1 saturated carbocycles. The molecule has 2 bridgehead atoms. The number of carbonyl (C=O) groups excluding carboxylic acids is 1. The molecule has 196 valence electrons. The first-order valence-corrected chi connectivity index (χ1v) is 12.4. The molecule has 2 N–H and O–H groups in total. The van der Waals surface area contributed by atoms with Gasteiger partial charge in [0.2, 0.25) is 5.91 Å². The lowest BCUT2D eigenvalue weighted by Crippen LogP contribution is -2.69. The summed E-state index contributed by atoms with van der Waals surface area (Å²) >= 11 is 1.51. The zero-order chi connectivity index (χ0) is 26.4. The number of hydrogen-bond acceptors (Lipinski definition) is 4. The molecule has 11 heteroatoms. The van der Waals surface area contributed by atoms with Gasteiger partial charge in [0.15, 0.2) is 0 Å². The van der Waals surface area contributed by atoms with E-state index in [0.29, 0.717) is 25.1 Å². The van der Waals surface area contributed by atoms with Crippen LogP contribution in [0.1, 0.15) is 34.2 Å². The minimum absolute atomic E-state index is 0.0941. The Morgan fingerprint density at radius 1 is 1.00 bits per heavy atom. The van der Waals surface area contributed by atoms with E-state index in [-0.39, 0.29) is 23.6 Å². The van der Waals surface area contributed by atoms with Crippen LogP contribution in [0.25, 0.3) is 0 Å². The van der Waals surface area contributed by atoms with Crippen molar-refractivity contribution in [2.75, 3.05) is 0 Å². The molecule has 3 heterocycles. The quantitative estimate of drug-likeness (QED) is 0.369. The zero-order valence-electron chi connectivity index (χ0n) is 19.2. The SMILES string of the molecule is O=C(NCc1ccsc1)C1C2CC(OCc3cc(C(F)(F)F)cc(C(F)(F)F)c3)C1(c1ccccc1)N2. The maximum atomic E-state index is 13.3. The summed E-state index contributed by atoms with van der Waals surface area (Å²) in [5.74, 6) is -0.700. The minimum Gasteiger partial charge on any atom is -0.371 e. The van der Waals surface area contributed by atoms with Crippen LogP contribution in [0, 0.1) is 5.92 Å². The number of benzene rings is 2. The predicted octanol–water partition coefficient (Wildman–Crippen LogP) is 5.87. The number of hydrogen-bond donors (Lipinski definition) is 2. The highest BCUT2D eigenvalue weighted by molar-refractivity contribution is 7.07. The van der Waals surface area contributed by atoms with Crippen molar-refractivity contribution in [3.05, 3.63) is 93.2 Å². The van der Waals surface area contributed by atoms with Gasteiger partial charge in [-0.2, -0.15) is 37.7 Å². The lowest BCUT2D eigenvalue weighted by Gasteiger charge is -2.49. The van der Waals surface area contributed by atoms with Crippen LogP contribution in [-0.2, 0) is 40.6 Å². The second-order valence-corrected chi connectivity index (χ2v) is 10.0. The summed E-state index contributed by atoms with van der Waals surface area (Å²) in [5, 5.41) is 10.2. The second kappa shape index (κ2) is 9.45. The van der Waals surface area contributed by atoms with E-state index in [1.807, 2.05) is 35.0 Å². The normalized spacial score (nSPS) is 25.1. The lowest BCUT2D eigenvalue weighted by molar-refractivity contribution is -0.143. The van der Waals surface area contributed by atoms with E-state index in [4.69, 9.17) is 4.74 Å². The highest BCUT2D eigenvalue weighted by Crippen LogP contribution is 2.54. The Hall–Kier alpha value is -2.89. The maximum absolute atomic E-state index is 13.3. The highest BCUT2D eigenvalue weighted by Gasteiger charge is 2.68. The second-order valence-electron chi connectivity index (χ2n) is 9.26. The molecular weight excluding hydrogens is 518 g/mol. The number of amides is 1. The van der Waals surface area contributed by atoms with E-state index < -0.39 is 47.6 Å². The van der Waals surface area contributed by atoms with Crippen molar-refractivity contribution in [1.82, 2.24) is 10.6 Å². The maximum Gasteiger partial charge on any atom is 0.416 e. The fraction of sp³-hybridized carbons (Fsp3) is 0.346. The van der Waals surface area contributed by atoms with Crippen LogP contribution in [0.2, 0.25) is 0 Å². The van der Waals surface area contributed by atoms with Gasteiger partial charge in [-0.1, -0.05) is 30.3 Å². The molecule has 2 saturated heterocycles. The lowest BCUT2D eigenvalue weighted by atomic mass is 9.71. The summed E-state index contributed by atoms with van der Waals surface area (Å²) < 4.78 is 85.7. The number of thiophene rings is 1. The van der Waals surface area contributed by atoms with Crippen LogP contribution in [0.4, 0.5) is 26.3 Å². The Morgan fingerprint density at radius 2 is 1.68 bits per heavy atom. The first kappa shape index (κ1) is 25.7. The molecule has 2 aromatic carbocycles. The molecule has 0 spiro atoms. The van der Waals surface area contributed by atoms with Gasteiger partial charge in [0.05, 0.1) is 35.3 Å². The van der Waals surface area contributed by atoms with Crippen molar-refractivity contribution in [3.63, 3.8) is 0 Å². The van der Waals surface area contributed by atoms with Gasteiger partial charge >= 0.3 is 12.4 Å². The van der Waals surface area contributed by atoms with Crippen molar-refractivity contribution in [2.45, 2.75) is 49.6 Å². The topological polar surface area (TPSA) is 50.4 Å². The van der Waals surface area contributed by atoms with Gasteiger partial charge in [0.25, 0.3) is 0 Å². The molecule has 4 atom stereocenters. The van der Waals surface area contributed by atoms with Crippen molar-refractivity contribution < 1.29 is 35.9 Å². The summed E-state index contributed by atoms with van der Waals surface area (Å²) in [4.78, 5) is 13.2. The molecule has 0 radical (unpaired) electrons. The third-order valence-electron chi connectivity index (χ3n) is 6.97. The number of nitrogens with one attached hydrogen (secondary N) is 2. The number of carbonyl (C=O) groups is 1. The van der Waals surface area contributed by atoms with Gasteiger partial charge in [-0.05, 0) is 58.1 Å². The summed E-state index contributed by atoms with van der Waals surface area (Å²) in [6.07, 6.45) is -10.1. The standard InChI is InChI=1S/C26H22F6N2O2S/c27-25(28,29)18-8-16(9-19(10-18)26(30,31)32)13-36-21-11-20-22(23(35)33-12-15-6-7-37-14-15)24(21,34-20)17-4-2-1-3-5-17/h1-10,14,20-22,34H,11-13H2,(H,33,35). The van der Waals surface area contributed by atoms with Crippen molar-refractivity contribution in [1.29, 1.82) is 0 Å². The van der Waals surface area contributed by atoms with Gasteiger partial charge in [-0.15, -0.1) is 0 Å². The molecule has 3 aliphatic rings. The molecule has 1 aromatic heterocycles. The third-order valence-corrected chi connectivity index (χ3v) is 7.70. The molecule has 2 aliphatic heterocycles. The first-order chi connectivity index (χ1) is 17.5. The predicted molar refractivity (Wildman–Crippen MR) is 124 cm³/mol. The molecule has 4 unspecified atom stereocenters. The van der Waals surface area contributed by atoms with E-state index >= 15 is 0 Å². The van der Waals surface area contributed by atoms with Crippen LogP contribution in [0.15, 0.2) is 65.4 Å². The van der Waals surface area contributed by atoms with E-state index in [9.17, 15) is 31.1 Å². The van der Waals surface area contributed by atoms with E-state index in [1.165, 1.54) is 11.3 Å². The summed E-state index contributed by atoms with van der Waals surface area (Å²) in [6.45, 7) is -0.115. The average Bonchev–Trinajstić information content (AvgIpc) is 3.55. The van der Waals surface area contributed by atoms with Gasteiger partial charge in [0, 0.05) is 12.6 Å². The van der Waals surface area contributed by atoms with Crippen LogP contribution in [0.5, 0.6) is 0 Å². The Kier molecular flexibility index (Phi) is 6.57. The minimum atomic E-state index is -4.94. The fourth-order valence-electron chi connectivity index (χ4n) is 5.35. The number of ether oxygens (including phenoxy) is 1. The zero-order valence-corrected chi connectivity index (χ0v) is 20.0. The van der Waals surface area contributed by atoms with Gasteiger partial charge in [0.1, 0.15) is 0 Å². The van der Waals surface area contributed by atoms with E-state index in [1.54, 1.807) is 12.1 Å². The smallest absolute Gasteiger partial charge is 0.371 e. The van der Waals surface area contributed by atoms with Crippen LogP contribution in [0.3, 0.4) is 0 Å². The molecule has 4 nitrogen and oxygen atoms in total. The summed E-state index contributed by atoms with van der Waals surface area (Å²) in [5.41, 5.74) is -2.24. The molecule has 3 fully saturated rings. The third kappa shape index (κ3) is 4.87. The van der Waals surface area contributed by atoms with E-state index in [2.05, 4.69) is 10.6 Å². The highest BCUT2D eigenvalue weighted by atomic mass is 32.1. The molecule has 37 heavy (non-hydrogen) atoms. The van der Waals surface area contributed by atoms with Crippen LogP contribution in [-0.4, -0.2) is 18.1 Å². The Balaban J connectivity index is 1.39. The summed E-state index contributed by atoms with van der Waals surface area (Å²) in [7, 11) is 0. The number of halogens is 6. The molecule has 1 amide bonds. The molecule has 6 rings (SSSR count). The van der Waals surface area contributed by atoms with Crippen molar-refractivity contribution in [2.24, 2.45) is 5.92 Å². The van der Waals surface area contributed by atoms with Gasteiger partial charge in [-0.25, -0.2) is 0 Å². The number of alkyl halides is 6. The van der Waals surface area contributed by atoms with Crippen molar-refractivity contribution >= 4 is 17.2 Å². The van der Waals surface area contributed by atoms with Gasteiger partial charge < -0.3 is 15.4 Å². The Labute approximate surface area is 212 Å². The van der Waals surface area contributed by atoms with Crippen LogP contribution >= 0.6 is 11.3 Å². The number of fused-ring (bicyclic) bond motifs is 1. The van der Waals surface area contributed by atoms with Gasteiger partial charge in [-0.3, -0.25) is 4.79 Å². The Morgan fingerprint density at radius 3 is 2.27 bits per heavy atom.